The SMILES string of the molecule is CC(=O)N1CCc2cc(NCc3cn(C)nc3C)ccc21. The lowest BCUT2D eigenvalue weighted by Gasteiger charge is -2.15. The van der Waals surface area contributed by atoms with Gasteiger partial charge in [-0.25, -0.2) is 0 Å². The summed E-state index contributed by atoms with van der Waals surface area (Å²) in [4.78, 5) is 13.4. The molecule has 2 aromatic rings. The average molecular weight is 284 g/mol. The van der Waals surface area contributed by atoms with Gasteiger partial charge in [0.2, 0.25) is 5.91 Å². The lowest BCUT2D eigenvalue weighted by atomic mass is 10.1. The number of carbonyl (C=O) groups is 1. The Balaban J connectivity index is 1.73. The monoisotopic (exact) mass is 284 g/mol. The van der Waals surface area contributed by atoms with Crippen LogP contribution in [0, 0.1) is 6.92 Å². The van der Waals surface area contributed by atoms with E-state index in [-0.39, 0.29) is 5.91 Å². The van der Waals surface area contributed by atoms with E-state index in [2.05, 4.69) is 16.5 Å². The molecule has 3 rings (SSSR count). The first kappa shape index (κ1) is 13.7. The van der Waals surface area contributed by atoms with E-state index in [9.17, 15) is 4.79 Å². The third-order valence-electron chi connectivity index (χ3n) is 3.95. The molecular weight excluding hydrogens is 264 g/mol. The lowest BCUT2D eigenvalue weighted by molar-refractivity contribution is -0.116. The zero-order valence-electron chi connectivity index (χ0n) is 12.7. The smallest absolute Gasteiger partial charge is 0.223 e. The lowest BCUT2D eigenvalue weighted by Crippen LogP contribution is -2.25. The van der Waals surface area contributed by atoms with Crippen molar-refractivity contribution in [2.75, 3.05) is 16.8 Å². The highest BCUT2D eigenvalue weighted by Gasteiger charge is 2.21. The topological polar surface area (TPSA) is 50.2 Å². The minimum Gasteiger partial charge on any atom is -0.381 e. The van der Waals surface area contributed by atoms with Gasteiger partial charge in [0.25, 0.3) is 0 Å². The van der Waals surface area contributed by atoms with Crippen LogP contribution in [0.2, 0.25) is 0 Å². The zero-order chi connectivity index (χ0) is 15.0. The van der Waals surface area contributed by atoms with Crippen molar-refractivity contribution in [1.82, 2.24) is 9.78 Å². The highest BCUT2D eigenvalue weighted by molar-refractivity contribution is 5.94. The van der Waals surface area contributed by atoms with Crippen molar-refractivity contribution in [3.63, 3.8) is 0 Å². The Morgan fingerprint density at radius 3 is 2.90 bits per heavy atom. The number of benzene rings is 1. The van der Waals surface area contributed by atoms with Gasteiger partial charge in [0.05, 0.1) is 5.69 Å². The number of fused-ring (bicyclic) bond motifs is 1. The molecule has 0 spiro atoms. The summed E-state index contributed by atoms with van der Waals surface area (Å²) >= 11 is 0. The Hall–Kier alpha value is -2.30. The number of carbonyl (C=O) groups excluding carboxylic acids is 1. The highest BCUT2D eigenvalue weighted by atomic mass is 16.2. The first-order valence-electron chi connectivity index (χ1n) is 7.18. The number of hydrogen-bond acceptors (Lipinski definition) is 3. The molecule has 0 bridgehead atoms. The van der Waals surface area contributed by atoms with Gasteiger partial charge >= 0.3 is 0 Å². The molecule has 2 heterocycles. The van der Waals surface area contributed by atoms with Crippen LogP contribution >= 0.6 is 0 Å². The average Bonchev–Trinajstić information content (AvgIpc) is 2.99. The molecular formula is C16H20N4O. The molecule has 0 fully saturated rings. The first-order chi connectivity index (χ1) is 10.0. The van der Waals surface area contributed by atoms with Crippen LogP contribution in [0.25, 0.3) is 0 Å². The number of nitrogens with one attached hydrogen (secondary N) is 1. The van der Waals surface area contributed by atoms with E-state index >= 15 is 0 Å². The van der Waals surface area contributed by atoms with E-state index in [1.54, 1.807) is 6.92 Å². The number of anilines is 2. The second-order valence-electron chi connectivity index (χ2n) is 5.53. The molecule has 0 aliphatic carbocycles. The van der Waals surface area contributed by atoms with Crippen LogP contribution in [0.3, 0.4) is 0 Å². The zero-order valence-corrected chi connectivity index (χ0v) is 12.7. The summed E-state index contributed by atoms with van der Waals surface area (Å²) in [6.07, 6.45) is 2.96. The number of rotatable bonds is 3. The summed E-state index contributed by atoms with van der Waals surface area (Å²) in [7, 11) is 1.93. The molecule has 1 N–H and O–H groups in total. The van der Waals surface area contributed by atoms with Crippen molar-refractivity contribution in [3.8, 4) is 0 Å². The maximum absolute atomic E-state index is 11.5. The van der Waals surface area contributed by atoms with Gasteiger partial charge in [0.1, 0.15) is 0 Å². The molecule has 0 saturated heterocycles. The fourth-order valence-electron chi connectivity index (χ4n) is 2.86. The van der Waals surface area contributed by atoms with Crippen molar-refractivity contribution in [2.45, 2.75) is 26.8 Å². The third-order valence-corrected chi connectivity index (χ3v) is 3.95. The van der Waals surface area contributed by atoms with E-state index in [1.165, 1.54) is 11.1 Å². The van der Waals surface area contributed by atoms with Crippen LogP contribution in [-0.2, 0) is 24.8 Å². The van der Waals surface area contributed by atoms with Crippen molar-refractivity contribution >= 4 is 17.3 Å². The summed E-state index contributed by atoms with van der Waals surface area (Å²) in [5, 5.41) is 7.78. The van der Waals surface area contributed by atoms with Crippen LogP contribution < -0.4 is 10.2 Å². The van der Waals surface area contributed by atoms with Gasteiger partial charge in [-0.2, -0.15) is 5.10 Å². The van der Waals surface area contributed by atoms with E-state index in [1.807, 2.05) is 41.9 Å². The fraction of sp³-hybridized carbons (Fsp3) is 0.375. The summed E-state index contributed by atoms with van der Waals surface area (Å²) in [6.45, 7) is 5.18. The minimum absolute atomic E-state index is 0.112. The van der Waals surface area contributed by atoms with E-state index in [0.717, 1.165) is 36.6 Å². The van der Waals surface area contributed by atoms with Gasteiger partial charge in [0, 0.05) is 50.2 Å². The van der Waals surface area contributed by atoms with Crippen LogP contribution in [0.1, 0.15) is 23.7 Å². The third kappa shape index (κ3) is 2.63. The van der Waals surface area contributed by atoms with Crippen molar-refractivity contribution in [1.29, 1.82) is 0 Å². The normalized spacial score (nSPS) is 13.4. The van der Waals surface area contributed by atoms with Crippen LogP contribution in [0.15, 0.2) is 24.4 Å². The van der Waals surface area contributed by atoms with E-state index in [4.69, 9.17) is 0 Å². The number of aromatic nitrogens is 2. The quantitative estimate of drug-likeness (QED) is 0.940. The largest absolute Gasteiger partial charge is 0.381 e. The van der Waals surface area contributed by atoms with Crippen molar-refractivity contribution < 1.29 is 4.79 Å². The Morgan fingerprint density at radius 1 is 1.43 bits per heavy atom. The Kier molecular flexibility index (Phi) is 3.41. The minimum atomic E-state index is 0.112. The Morgan fingerprint density at radius 2 is 2.24 bits per heavy atom. The molecule has 0 saturated carbocycles. The van der Waals surface area contributed by atoms with Crippen LogP contribution in [0.4, 0.5) is 11.4 Å². The van der Waals surface area contributed by atoms with E-state index in [0.29, 0.717) is 0 Å². The molecule has 110 valence electrons. The summed E-state index contributed by atoms with van der Waals surface area (Å²) in [5.41, 5.74) is 5.61. The van der Waals surface area contributed by atoms with Gasteiger partial charge in [-0.1, -0.05) is 0 Å². The van der Waals surface area contributed by atoms with Crippen molar-refractivity contribution in [2.24, 2.45) is 7.05 Å². The Bertz CT molecular complexity index is 690. The highest BCUT2D eigenvalue weighted by Crippen LogP contribution is 2.30. The van der Waals surface area contributed by atoms with Crippen LogP contribution in [-0.4, -0.2) is 22.2 Å². The summed E-state index contributed by atoms with van der Waals surface area (Å²) in [5.74, 6) is 0.112. The molecule has 5 heteroatoms. The molecule has 1 aliphatic heterocycles. The second kappa shape index (κ2) is 5.24. The number of nitrogens with zero attached hydrogens (tertiary/aromatic N) is 3. The molecule has 1 aromatic carbocycles. The Labute approximate surface area is 124 Å². The summed E-state index contributed by atoms with van der Waals surface area (Å²) in [6, 6.07) is 6.21. The first-order valence-corrected chi connectivity index (χ1v) is 7.18. The molecule has 1 aromatic heterocycles. The fourth-order valence-corrected chi connectivity index (χ4v) is 2.86. The molecule has 0 unspecified atom stereocenters. The molecule has 1 aliphatic rings. The number of amides is 1. The number of hydrogen-bond donors (Lipinski definition) is 1. The van der Waals surface area contributed by atoms with Gasteiger partial charge in [-0.05, 0) is 37.1 Å². The van der Waals surface area contributed by atoms with Gasteiger partial charge in [0.15, 0.2) is 0 Å². The van der Waals surface area contributed by atoms with Gasteiger partial charge in [-0.3, -0.25) is 9.48 Å². The maximum Gasteiger partial charge on any atom is 0.223 e. The van der Waals surface area contributed by atoms with Crippen LogP contribution in [0.5, 0.6) is 0 Å². The second-order valence-corrected chi connectivity index (χ2v) is 5.53. The predicted molar refractivity (Wildman–Crippen MR) is 83.4 cm³/mol. The molecule has 21 heavy (non-hydrogen) atoms. The number of aryl methyl sites for hydroxylation is 2. The standard InChI is InChI=1S/C16H20N4O/c1-11-14(10-19(3)18-11)9-17-15-4-5-16-13(8-15)6-7-20(16)12(2)21/h4-5,8,10,17H,6-7,9H2,1-3H3. The van der Waals surface area contributed by atoms with E-state index < -0.39 is 0 Å². The molecule has 1 amide bonds. The molecule has 5 nitrogen and oxygen atoms in total. The maximum atomic E-state index is 11.5. The molecule has 0 radical (unpaired) electrons. The van der Waals surface area contributed by atoms with Gasteiger partial charge < -0.3 is 10.2 Å². The van der Waals surface area contributed by atoms with Gasteiger partial charge in [-0.15, -0.1) is 0 Å². The van der Waals surface area contributed by atoms with Crippen molar-refractivity contribution in [3.05, 3.63) is 41.2 Å². The molecule has 0 atom stereocenters. The summed E-state index contributed by atoms with van der Waals surface area (Å²) < 4.78 is 1.83. The predicted octanol–water partition coefficient (Wildman–Crippen LogP) is 2.25.